The summed E-state index contributed by atoms with van der Waals surface area (Å²) in [7, 11) is 0. The number of ether oxygens (including phenoxy) is 1. The lowest BCUT2D eigenvalue weighted by molar-refractivity contribution is -0.333. The maximum absolute atomic E-state index is 13.1. The van der Waals surface area contributed by atoms with Crippen LogP contribution in [-0.2, 0) is 9.53 Å². The molecule has 0 spiro atoms. The highest BCUT2D eigenvalue weighted by atomic mass is 19.4. The van der Waals surface area contributed by atoms with Crippen LogP contribution in [0.2, 0.25) is 0 Å². The third kappa shape index (κ3) is 1.98. The van der Waals surface area contributed by atoms with Crippen LogP contribution in [-0.4, -0.2) is 35.8 Å². The van der Waals surface area contributed by atoms with Gasteiger partial charge in [-0.3, -0.25) is 0 Å². The van der Waals surface area contributed by atoms with Crippen molar-refractivity contribution in [2.24, 2.45) is 5.92 Å². The maximum Gasteiger partial charge on any atom is 0.415 e. The van der Waals surface area contributed by atoms with Crippen LogP contribution < -0.4 is 0 Å². The molecule has 0 atom stereocenters. The highest BCUT2D eigenvalue weighted by molar-refractivity contribution is 5.81. The Labute approximate surface area is 109 Å². The van der Waals surface area contributed by atoms with Gasteiger partial charge in [0.25, 0.3) is 0 Å². The smallest absolute Gasteiger partial charge is 0.397 e. The van der Waals surface area contributed by atoms with Gasteiger partial charge in [-0.15, -0.1) is 0 Å². The van der Waals surface area contributed by atoms with Crippen molar-refractivity contribution in [2.75, 3.05) is 0 Å². The van der Waals surface area contributed by atoms with Crippen molar-refractivity contribution in [1.82, 2.24) is 0 Å². The van der Waals surface area contributed by atoms with Gasteiger partial charge < -0.3 is 4.74 Å². The molecule has 0 unspecified atom stereocenters. The Kier molecular flexibility index (Phi) is 3.56. The first kappa shape index (κ1) is 17.6. The van der Waals surface area contributed by atoms with Crippen LogP contribution in [0.5, 0.6) is 0 Å². The van der Waals surface area contributed by atoms with Crippen molar-refractivity contribution in [2.45, 2.75) is 29.8 Å². The molecule has 0 amide bonds. The highest BCUT2D eigenvalue weighted by Crippen LogP contribution is 2.68. The number of hydrogen-bond acceptors (Lipinski definition) is 2. The Morgan fingerprint density at radius 3 is 1.57 bits per heavy atom. The van der Waals surface area contributed by atoms with Crippen molar-refractivity contribution in [3.8, 4) is 0 Å². The lowest BCUT2D eigenvalue weighted by atomic mass is 10.00. The third-order valence-corrected chi connectivity index (χ3v) is 2.70. The molecule has 0 N–H and O–H groups in total. The molecule has 0 heterocycles. The summed E-state index contributed by atoms with van der Waals surface area (Å²) in [5.74, 6) is -34.2. The number of esters is 1. The maximum atomic E-state index is 13.1. The van der Waals surface area contributed by atoms with Gasteiger partial charge in [0.1, 0.15) is 0 Å². The largest absolute Gasteiger partial charge is 0.415 e. The fraction of sp³-hybridized carbons (Fsp3) is 0.667. The van der Waals surface area contributed by atoms with Gasteiger partial charge in [-0.25, -0.2) is 4.79 Å². The normalized spacial score (nSPS) is 26.4. The Morgan fingerprint density at radius 1 is 0.952 bits per heavy atom. The lowest BCUT2D eigenvalue weighted by Gasteiger charge is -2.29. The molecule has 0 aromatic carbocycles. The van der Waals surface area contributed by atoms with E-state index >= 15 is 0 Å². The summed E-state index contributed by atoms with van der Waals surface area (Å²) in [4.78, 5) is 10.4. The van der Waals surface area contributed by atoms with Crippen LogP contribution in [0.1, 0.15) is 0 Å². The van der Waals surface area contributed by atoms with Gasteiger partial charge in [-0.05, 0) is 0 Å². The third-order valence-electron chi connectivity index (χ3n) is 2.70. The zero-order chi connectivity index (χ0) is 17.1. The first-order valence-electron chi connectivity index (χ1n) is 4.82. The van der Waals surface area contributed by atoms with Crippen LogP contribution in [0, 0.1) is 5.92 Å². The minimum absolute atomic E-state index is 0.0879. The molecule has 1 aliphatic rings. The molecule has 0 aliphatic heterocycles. The summed E-state index contributed by atoms with van der Waals surface area (Å²) >= 11 is 0. The Morgan fingerprint density at radius 2 is 1.29 bits per heavy atom. The van der Waals surface area contributed by atoms with Crippen LogP contribution in [0.25, 0.3) is 0 Å². The fourth-order valence-electron chi connectivity index (χ4n) is 1.67. The number of halogens is 10. The van der Waals surface area contributed by atoms with E-state index in [9.17, 15) is 48.7 Å². The number of hydrogen-bond donors (Lipinski definition) is 0. The molecule has 0 aromatic heterocycles. The minimum atomic E-state index is -6.78. The van der Waals surface area contributed by atoms with Crippen molar-refractivity contribution >= 4 is 5.97 Å². The lowest BCUT2D eigenvalue weighted by Crippen LogP contribution is -2.52. The van der Waals surface area contributed by atoms with E-state index < -0.39 is 41.7 Å². The minimum Gasteiger partial charge on any atom is -0.397 e. The number of carbonyl (C=O) groups excluding carboxylic acids is 1. The van der Waals surface area contributed by atoms with Gasteiger partial charge in [0.15, 0.2) is 0 Å². The molecule has 1 rings (SSSR count). The molecule has 1 saturated carbocycles. The van der Waals surface area contributed by atoms with E-state index in [0.29, 0.717) is 0 Å². The zero-order valence-corrected chi connectivity index (χ0v) is 9.46. The summed E-state index contributed by atoms with van der Waals surface area (Å²) in [6, 6.07) is 0. The van der Waals surface area contributed by atoms with E-state index in [0.717, 1.165) is 0 Å². The van der Waals surface area contributed by atoms with E-state index in [4.69, 9.17) is 0 Å². The van der Waals surface area contributed by atoms with Crippen molar-refractivity contribution in [3.05, 3.63) is 12.7 Å². The molecule has 0 radical (unpaired) electrons. The standard InChI is InChI=1S/C9H4F10O2/c1-2-3(20)21-7(14,15)4-5(10,11)8(16,17)9(18,19)6(4,12)13/h2,4H,1H2. The first-order valence-corrected chi connectivity index (χ1v) is 4.82. The molecule has 0 aromatic rings. The van der Waals surface area contributed by atoms with E-state index in [1.807, 2.05) is 0 Å². The average Bonchev–Trinajstić information content (AvgIpc) is 2.32. The molecule has 0 saturated heterocycles. The molecule has 21 heavy (non-hydrogen) atoms. The van der Waals surface area contributed by atoms with E-state index in [-0.39, 0.29) is 6.08 Å². The topological polar surface area (TPSA) is 26.3 Å². The number of rotatable bonds is 3. The van der Waals surface area contributed by atoms with Crippen LogP contribution in [0.3, 0.4) is 0 Å². The quantitative estimate of drug-likeness (QED) is 0.449. The molecular formula is C9H4F10O2. The second kappa shape index (κ2) is 4.26. The number of alkyl halides is 10. The van der Waals surface area contributed by atoms with Gasteiger partial charge in [0, 0.05) is 6.08 Å². The molecular weight excluding hydrogens is 330 g/mol. The predicted molar refractivity (Wildman–Crippen MR) is 44.5 cm³/mol. The zero-order valence-electron chi connectivity index (χ0n) is 9.46. The second-order valence-electron chi connectivity index (χ2n) is 4.01. The molecule has 1 aliphatic carbocycles. The SMILES string of the molecule is C=CC(=O)OC(F)(F)C1C(F)(F)C(F)(F)C(F)(F)C1(F)F. The Bertz CT molecular complexity index is 443. The highest BCUT2D eigenvalue weighted by Gasteiger charge is 2.97. The predicted octanol–water partition coefficient (Wildman–Crippen LogP) is 3.48. The summed E-state index contributed by atoms with van der Waals surface area (Å²) in [6.45, 7) is 2.52. The summed E-state index contributed by atoms with van der Waals surface area (Å²) < 4.78 is 132. The van der Waals surface area contributed by atoms with Gasteiger partial charge in [-0.1, -0.05) is 6.58 Å². The molecule has 2 nitrogen and oxygen atoms in total. The van der Waals surface area contributed by atoms with Crippen LogP contribution in [0.15, 0.2) is 12.7 Å². The fourth-order valence-corrected chi connectivity index (χ4v) is 1.67. The van der Waals surface area contributed by atoms with Gasteiger partial charge in [0.2, 0.25) is 5.92 Å². The van der Waals surface area contributed by atoms with Crippen LogP contribution >= 0.6 is 0 Å². The van der Waals surface area contributed by atoms with Gasteiger partial charge >= 0.3 is 35.8 Å². The van der Waals surface area contributed by atoms with Crippen molar-refractivity contribution < 1.29 is 53.4 Å². The van der Waals surface area contributed by atoms with Gasteiger partial charge in [0.05, 0.1) is 0 Å². The summed E-state index contributed by atoms with van der Waals surface area (Å²) in [6.07, 6.45) is -6.09. The first-order chi connectivity index (χ1) is 9.07. The van der Waals surface area contributed by atoms with E-state index in [1.165, 1.54) is 0 Å². The monoisotopic (exact) mass is 334 g/mol. The molecule has 1 fully saturated rings. The average molecular weight is 334 g/mol. The second-order valence-corrected chi connectivity index (χ2v) is 4.01. The molecule has 122 valence electrons. The Balaban J connectivity index is 3.47. The molecule has 12 heteroatoms. The van der Waals surface area contributed by atoms with Crippen LogP contribution in [0.4, 0.5) is 43.9 Å². The summed E-state index contributed by atoms with van der Waals surface area (Å²) in [5.41, 5.74) is 0. The number of carbonyl (C=O) groups is 1. The van der Waals surface area contributed by atoms with E-state index in [1.54, 1.807) is 0 Å². The molecule has 0 bridgehead atoms. The van der Waals surface area contributed by atoms with E-state index in [2.05, 4.69) is 11.3 Å². The Hall–Kier alpha value is -1.49. The van der Waals surface area contributed by atoms with Crippen molar-refractivity contribution in [1.29, 1.82) is 0 Å². The summed E-state index contributed by atoms with van der Waals surface area (Å²) in [5, 5.41) is 0. The van der Waals surface area contributed by atoms with Gasteiger partial charge in [-0.2, -0.15) is 43.9 Å². The van der Waals surface area contributed by atoms with Crippen molar-refractivity contribution in [3.63, 3.8) is 0 Å².